The molecule has 1 amide bonds. The molecule has 2 N–H and O–H groups in total. The number of piperidine rings is 1. The van der Waals surface area contributed by atoms with Gasteiger partial charge in [0.2, 0.25) is 5.91 Å². The number of amides is 1. The van der Waals surface area contributed by atoms with Crippen molar-refractivity contribution in [2.75, 3.05) is 45.9 Å². The van der Waals surface area contributed by atoms with Crippen LogP contribution in [0.1, 0.15) is 18.4 Å². The monoisotopic (exact) mass is 380 g/mol. The highest BCUT2D eigenvalue weighted by Gasteiger charge is 2.36. The molecule has 0 radical (unpaired) electrons. The highest BCUT2D eigenvalue weighted by molar-refractivity contribution is 6.30. The van der Waals surface area contributed by atoms with Gasteiger partial charge in [0.15, 0.2) is 0 Å². The fourth-order valence-corrected chi connectivity index (χ4v) is 4.39. The van der Waals surface area contributed by atoms with Crippen LogP contribution >= 0.6 is 11.6 Å². The van der Waals surface area contributed by atoms with E-state index in [-0.39, 0.29) is 25.0 Å². The zero-order chi connectivity index (χ0) is 18.5. The number of hydrogen-bond donors (Lipinski definition) is 2. The zero-order valence-corrected chi connectivity index (χ0v) is 15.9. The molecule has 2 aliphatic rings. The lowest BCUT2D eigenvalue weighted by molar-refractivity contribution is -0.129. The summed E-state index contributed by atoms with van der Waals surface area (Å²) in [5.74, 6) is 0.995. The van der Waals surface area contributed by atoms with Crippen molar-refractivity contribution in [3.05, 3.63) is 34.9 Å². The molecule has 2 heterocycles. The minimum absolute atomic E-state index is 0.104. The minimum Gasteiger partial charge on any atom is -0.396 e. The molecular weight excluding hydrogens is 352 g/mol. The average Bonchev–Trinajstić information content (AvgIpc) is 3.05. The van der Waals surface area contributed by atoms with Crippen LogP contribution in [0.4, 0.5) is 0 Å². The summed E-state index contributed by atoms with van der Waals surface area (Å²) in [6.45, 7) is 4.66. The lowest BCUT2D eigenvalue weighted by Gasteiger charge is -2.33. The molecule has 6 heteroatoms. The number of nitrogens with zero attached hydrogens (tertiary/aromatic N) is 2. The van der Waals surface area contributed by atoms with Crippen LogP contribution in [0.15, 0.2) is 24.3 Å². The van der Waals surface area contributed by atoms with E-state index in [0.29, 0.717) is 36.4 Å². The second kappa shape index (κ2) is 9.18. The van der Waals surface area contributed by atoms with Crippen molar-refractivity contribution < 1.29 is 15.0 Å². The van der Waals surface area contributed by atoms with Crippen molar-refractivity contribution in [2.24, 2.45) is 17.8 Å². The van der Waals surface area contributed by atoms with Crippen LogP contribution < -0.4 is 0 Å². The summed E-state index contributed by atoms with van der Waals surface area (Å²) in [6, 6.07) is 7.43. The van der Waals surface area contributed by atoms with Gasteiger partial charge < -0.3 is 20.0 Å². The molecule has 2 atom stereocenters. The maximum Gasteiger partial charge on any atom is 0.227 e. The molecule has 2 fully saturated rings. The van der Waals surface area contributed by atoms with Crippen LogP contribution in [0, 0.1) is 17.8 Å². The van der Waals surface area contributed by atoms with Gasteiger partial charge in [-0.2, -0.15) is 0 Å². The number of hydrogen-bond acceptors (Lipinski definition) is 4. The van der Waals surface area contributed by atoms with Gasteiger partial charge in [0.1, 0.15) is 0 Å². The van der Waals surface area contributed by atoms with E-state index in [1.54, 1.807) is 0 Å². The fraction of sp³-hybridized carbons (Fsp3) is 0.650. The molecular formula is C20H29ClN2O3. The third-order valence-electron chi connectivity index (χ3n) is 5.87. The van der Waals surface area contributed by atoms with Crippen molar-refractivity contribution in [1.82, 2.24) is 9.80 Å². The smallest absolute Gasteiger partial charge is 0.227 e. The first kappa shape index (κ1) is 19.6. The Labute approximate surface area is 160 Å². The first-order valence-corrected chi connectivity index (χ1v) is 9.93. The first-order chi connectivity index (χ1) is 12.6. The van der Waals surface area contributed by atoms with Gasteiger partial charge in [-0.25, -0.2) is 0 Å². The van der Waals surface area contributed by atoms with Crippen molar-refractivity contribution in [2.45, 2.75) is 19.3 Å². The molecule has 0 saturated carbocycles. The zero-order valence-electron chi connectivity index (χ0n) is 15.2. The summed E-state index contributed by atoms with van der Waals surface area (Å²) in [7, 11) is 0. The van der Waals surface area contributed by atoms with Crippen LogP contribution in [-0.4, -0.2) is 71.9 Å². The van der Waals surface area contributed by atoms with Crippen molar-refractivity contribution >= 4 is 17.5 Å². The van der Waals surface area contributed by atoms with Gasteiger partial charge in [-0.3, -0.25) is 4.79 Å². The molecule has 26 heavy (non-hydrogen) atoms. The van der Waals surface area contributed by atoms with E-state index in [1.807, 2.05) is 29.2 Å². The number of benzene rings is 1. The third-order valence-corrected chi connectivity index (χ3v) is 6.10. The van der Waals surface area contributed by atoms with Crippen LogP contribution in [0.5, 0.6) is 0 Å². The molecule has 2 aliphatic heterocycles. The maximum atomic E-state index is 12.7. The lowest BCUT2D eigenvalue weighted by Crippen LogP contribution is -2.40. The highest BCUT2D eigenvalue weighted by Crippen LogP contribution is 2.27. The number of carbonyl (C=O) groups is 1. The van der Waals surface area contributed by atoms with Crippen LogP contribution in [-0.2, 0) is 11.2 Å². The number of aliphatic hydroxyl groups is 2. The van der Waals surface area contributed by atoms with Gasteiger partial charge in [-0.1, -0.05) is 23.7 Å². The predicted octanol–water partition coefficient (Wildman–Crippen LogP) is 1.65. The molecule has 2 saturated heterocycles. The number of rotatable bonds is 6. The van der Waals surface area contributed by atoms with Crippen LogP contribution in [0.2, 0.25) is 5.02 Å². The Balaban J connectivity index is 1.54. The minimum atomic E-state index is 0.104. The SMILES string of the molecule is O=C(Cc1cccc(Cl)c1)N1C[C@@H](CN2CCC(CO)CC2)[C@@H](CO)C1. The Morgan fingerprint density at radius 3 is 2.50 bits per heavy atom. The van der Waals surface area contributed by atoms with E-state index in [9.17, 15) is 15.0 Å². The number of aliphatic hydroxyl groups excluding tert-OH is 2. The van der Waals surface area contributed by atoms with Crippen LogP contribution in [0.25, 0.3) is 0 Å². The molecule has 0 aromatic heterocycles. The predicted molar refractivity (Wildman–Crippen MR) is 102 cm³/mol. The standard InChI is InChI=1S/C20H29ClN2O3/c21-19-3-1-2-16(8-19)9-20(26)23-11-17(18(12-23)14-25)10-22-6-4-15(13-24)5-7-22/h1-3,8,15,17-18,24-25H,4-7,9-14H2/t17-,18-/m1/s1. The normalized spacial score (nSPS) is 25.0. The molecule has 0 aliphatic carbocycles. The third kappa shape index (κ3) is 4.97. The van der Waals surface area contributed by atoms with E-state index in [4.69, 9.17) is 11.6 Å². The summed E-state index contributed by atoms with van der Waals surface area (Å²) in [5, 5.41) is 19.7. The summed E-state index contributed by atoms with van der Waals surface area (Å²) in [4.78, 5) is 17.0. The molecule has 3 rings (SSSR count). The second-order valence-corrected chi connectivity index (χ2v) is 8.17. The Morgan fingerprint density at radius 2 is 1.85 bits per heavy atom. The Morgan fingerprint density at radius 1 is 1.12 bits per heavy atom. The molecule has 1 aromatic rings. The Kier molecular flexibility index (Phi) is 6.92. The van der Waals surface area contributed by atoms with Gasteiger partial charge in [0.25, 0.3) is 0 Å². The first-order valence-electron chi connectivity index (χ1n) is 9.55. The number of halogens is 1. The lowest BCUT2D eigenvalue weighted by atomic mass is 9.93. The largest absolute Gasteiger partial charge is 0.396 e. The molecule has 0 unspecified atom stereocenters. The Hall–Kier alpha value is -1.14. The summed E-state index contributed by atoms with van der Waals surface area (Å²) >= 11 is 6.01. The van der Waals surface area contributed by atoms with Crippen molar-refractivity contribution in [3.63, 3.8) is 0 Å². The van der Waals surface area contributed by atoms with Gasteiger partial charge in [-0.05, 0) is 55.5 Å². The maximum absolute atomic E-state index is 12.7. The van der Waals surface area contributed by atoms with Gasteiger partial charge in [-0.15, -0.1) is 0 Å². The molecule has 5 nitrogen and oxygen atoms in total. The number of carbonyl (C=O) groups excluding carboxylic acids is 1. The fourth-order valence-electron chi connectivity index (χ4n) is 4.17. The molecule has 0 bridgehead atoms. The van der Waals surface area contributed by atoms with Crippen molar-refractivity contribution in [1.29, 1.82) is 0 Å². The summed E-state index contributed by atoms with van der Waals surface area (Å²) in [5.41, 5.74) is 0.928. The van der Waals surface area contributed by atoms with Crippen molar-refractivity contribution in [3.8, 4) is 0 Å². The Bertz CT molecular complexity index is 604. The highest BCUT2D eigenvalue weighted by atomic mass is 35.5. The second-order valence-electron chi connectivity index (χ2n) is 7.73. The molecule has 1 aromatic carbocycles. The summed E-state index contributed by atoms with van der Waals surface area (Å²) < 4.78 is 0. The quantitative estimate of drug-likeness (QED) is 0.787. The topological polar surface area (TPSA) is 64.0 Å². The molecule has 144 valence electrons. The van der Waals surface area contributed by atoms with E-state index in [1.165, 1.54) is 0 Å². The van der Waals surface area contributed by atoms with E-state index in [0.717, 1.165) is 38.0 Å². The van der Waals surface area contributed by atoms with Gasteiger partial charge in [0.05, 0.1) is 6.42 Å². The van der Waals surface area contributed by atoms with Gasteiger partial charge >= 0.3 is 0 Å². The van der Waals surface area contributed by atoms with E-state index < -0.39 is 0 Å². The average molecular weight is 381 g/mol. The van der Waals surface area contributed by atoms with E-state index >= 15 is 0 Å². The van der Waals surface area contributed by atoms with E-state index in [2.05, 4.69) is 4.90 Å². The summed E-state index contributed by atoms with van der Waals surface area (Å²) in [6.07, 6.45) is 2.42. The molecule has 0 spiro atoms. The van der Waals surface area contributed by atoms with Gasteiger partial charge in [0, 0.05) is 43.8 Å². The van der Waals surface area contributed by atoms with Crippen LogP contribution in [0.3, 0.4) is 0 Å². The number of likely N-dealkylation sites (tertiary alicyclic amines) is 2.